The molecule has 1 aromatic rings. The molecular weight excluding hydrogens is 324 g/mol. The highest BCUT2D eigenvalue weighted by Gasteiger charge is 2.12. The monoisotopic (exact) mass is 328 g/mol. The molecule has 0 bridgehead atoms. The Morgan fingerprint density at radius 2 is 1.62 bits per heavy atom. The van der Waals surface area contributed by atoms with E-state index in [4.69, 9.17) is 4.55 Å². The predicted molar refractivity (Wildman–Crippen MR) is 56.4 cm³/mol. The zero-order valence-electron chi connectivity index (χ0n) is 6.58. The van der Waals surface area contributed by atoms with Crippen LogP contribution in [0, 0.1) is 6.92 Å². The molecule has 0 aromatic heterocycles. The van der Waals surface area contributed by atoms with Crippen LogP contribution in [0.1, 0.15) is 5.56 Å². The van der Waals surface area contributed by atoms with Crippen molar-refractivity contribution in [3.63, 3.8) is 0 Å². The zero-order valence-corrected chi connectivity index (χ0v) is 10.6. The topological polar surface area (TPSA) is 54.4 Å². The van der Waals surface area contributed by atoms with Crippen molar-refractivity contribution in [2.75, 3.05) is 0 Å². The molecule has 0 saturated carbocycles. The smallest absolute Gasteiger partial charge is 0.282 e. The number of hydrogen-bond acceptors (Lipinski definition) is 2. The second-order valence-corrected chi connectivity index (χ2v) is 5.62. The van der Waals surface area contributed by atoms with Gasteiger partial charge in [0.05, 0.1) is 4.90 Å². The lowest BCUT2D eigenvalue weighted by molar-refractivity contribution is 0.483. The van der Waals surface area contributed by atoms with E-state index < -0.39 is 10.1 Å². The molecule has 6 heteroatoms. The summed E-state index contributed by atoms with van der Waals surface area (Å²) in [5, 5.41) is 0. The van der Waals surface area contributed by atoms with Gasteiger partial charge in [-0.25, -0.2) is 0 Å². The summed E-state index contributed by atoms with van der Waals surface area (Å²) >= 11 is 6.37. The van der Waals surface area contributed by atoms with Crippen LogP contribution in [0.15, 0.2) is 26.0 Å². The summed E-state index contributed by atoms with van der Waals surface area (Å²) in [6.45, 7) is 1.82. The van der Waals surface area contributed by atoms with Gasteiger partial charge in [-0.05, 0) is 24.6 Å². The van der Waals surface area contributed by atoms with Gasteiger partial charge >= 0.3 is 0 Å². The molecule has 3 nitrogen and oxygen atoms in total. The minimum atomic E-state index is -4.12. The Balaban J connectivity index is 3.47. The first-order chi connectivity index (χ1) is 5.82. The highest BCUT2D eigenvalue weighted by atomic mass is 79.9. The fraction of sp³-hybridized carbons (Fsp3) is 0.143. The fourth-order valence-corrected chi connectivity index (χ4v) is 2.79. The quantitative estimate of drug-likeness (QED) is 0.806. The summed E-state index contributed by atoms with van der Waals surface area (Å²) in [4.78, 5) is -0.128. The predicted octanol–water partition coefficient (Wildman–Crippen LogP) is 2.77. The van der Waals surface area contributed by atoms with Gasteiger partial charge in [-0.3, -0.25) is 4.55 Å². The Morgan fingerprint density at radius 3 is 1.92 bits per heavy atom. The van der Waals surface area contributed by atoms with Crippen molar-refractivity contribution in [1.29, 1.82) is 0 Å². The van der Waals surface area contributed by atoms with Crippen LogP contribution in [-0.2, 0) is 10.1 Å². The molecule has 0 aliphatic rings. The molecule has 1 N–H and O–H groups in total. The van der Waals surface area contributed by atoms with Crippen LogP contribution in [0.2, 0.25) is 0 Å². The first-order valence-corrected chi connectivity index (χ1v) is 6.28. The van der Waals surface area contributed by atoms with Gasteiger partial charge < -0.3 is 0 Å². The zero-order chi connectivity index (χ0) is 10.2. The lowest BCUT2D eigenvalue weighted by Gasteiger charge is -2.03. The molecule has 0 atom stereocenters. The summed E-state index contributed by atoms with van der Waals surface area (Å²) < 4.78 is 31.6. The fourth-order valence-electron chi connectivity index (χ4n) is 0.771. The van der Waals surface area contributed by atoms with E-state index in [0.717, 1.165) is 5.56 Å². The second kappa shape index (κ2) is 3.68. The highest BCUT2D eigenvalue weighted by molar-refractivity contribution is 9.11. The van der Waals surface area contributed by atoms with Gasteiger partial charge in [0.1, 0.15) is 0 Å². The van der Waals surface area contributed by atoms with Crippen molar-refractivity contribution in [3.05, 3.63) is 26.6 Å². The standard InChI is InChI=1S/C7H6Br2O3S/c1-4-6(8)2-5(3-7(4)9)13(10,11)12/h2-3H,1H3,(H,10,11,12). The average Bonchev–Trinajstić information content (AvgIpc) is 1.97. The van der Waals surface area contributed by atoms with E-state index in [1.165, 1.54) is 12.1 Å². The minimum Gasteiger partial charge on any atom is -0.282 e. The third-order valence-corrected chi connectivity index (χ3v) is 4.03. The Labute approximate surface area is 93.2 Å². The van der Waals surface area contributed by atoms with Gasteiger partial charge in [0.25, 0.3) is 10.1 Å². The van der Waals surface area contributed by atoms with Crippen molar-refractivity contribution >= 4 is 42.0 Å². The van der Waals surface area contributed by atoms with Gasteiger partial charge in [0.2, 0.25) is 0 Å². The molecule has 0 unspecified atom stereocenters. The van der Waals surface area contributed by atoms with Crippen molar-refractivity contribution in [2.24, 2.45) is 0 Å². The maximum Gasteiger partial charge on any atom is 0.294 e. The summed E-state index contributed by atoms with van der Waals surface area (Å²) in [5.74, 6) is 0. The molecule has 0 spiro atoms. The summed E-state index contributed by atoms with van der Waals surface area (Å²) in [5.41, 5.74) is 0.882. The molecule has 0 heterocycles. The molecule has 0 aliphatic carbocycles. The van der Waals surface area contributed by atoms with Gasteiger partial charge in [-0.2, -0.15) is 8.42 Å². The van der Waals surface area contributed by atoms with Crippen LogP contribution in [0.5, 0.6) is 0 Å². The van der Waals surface area contributed by atoms with Crippen LogP contribution in [0.3, 0.4) is 0 Å². The molecular formula is C7H6Br2O3S. The van der Waals surface area contributed by atoms with Crippen LogP contribution >= 0.6 is 31.9 Å². The summed E-state index contributed by atoms with van der Waals surface area (Å²) in [6, 6.07) is 2.71. The lowest BCUT2D eigenvalue weighted by atomic mass is 10.2. The molecule has 0 radical (unpaired) electrons. The Morgan fingerprint density at radius 1 is 1.23 bits per heavy atom. The van der Waals surface area contributed by atoms with Crippen LogP contribution in [0.4, 0.5) is 0 Å². The molecule has 1 aromatic carbocycles. The van der Waals surface area contributed by atoms with Crippen LogP contribution in [0.25, 0.3) is 0 Å². The van der Waals surface area contributed by atoms with E-state index in [0.29, 0.717) is 8.95 Å². The molecule has 0 saturated heterocycles. The van der Waals surface area contributed by atoms with Gasteiger partial charge in [0, 0.05) is 8.95 Å². The second-order valence-electron chi connectivity index (χ2n) is 2.49. The normalized spacial score (nSPS) is 11.7. The highest BCUT2D eigenvalue weighted by Crippen LogP contribution is 2.28. The van der Waals surface area contributed by atoms with Gasteiger partial charge in [0.15, 0.2) is 0 Å². The first-order valence-electron chi connectivity index (χ1n) is 3.25. The van der Waals surface area contributed by atoms with E-state index >= 15 is 0 Å². The molecule has 72 valence electrons. The van der Waals surface area contributed by atoms with Crippen molar-refractivity contribution in [2.45, 2.75) is 11.8 Å². The molecule has 0 fully saturated rings. The number of benzene rings is 1. The van der Waals surface area contributed by atoms with Crippen molar-refractivity contribution in [1.82, 2.24) is 0 Å². The summed E-state index contributed by atoms with van der Waals surface area (Å²) in [6.07, 6.45) is 0. The Hall–Kier alpha value is 0.0900. The SMILES string of the molecule is Cc1c(Br)cc(S(=O)(=O)O)cc1Br. The molecule has 0 aliphatic heterocycles. The molecule has 1 rings (SSSR count). The van der Waals surface area contributed by atoms with Crippen LogP contribution in [-0.4, -0.2) is 13.0 Å². The van der Waals surface area contributed by atoms with E-state index in [2.05, 4.69) is 31.9 Å². The van der Waals surface area contributed by atoms with E-state index in [1.807, 2.05) is 6.92 Å². The van der Waals surface area contributed by atoms with E-state index in [-0.39, 0.29) is 4.90 Å². The Kier molecular flexibility index (Phi) is 3.16. The Bertz CT molecular complexity index is 416. The number of hydrogen-bond donors (Lipinski definition) is 1. The number of rotatable bonds is 1. The maximum absolute atomic E-state index is 10.8. The molecule has 13 heavy (non-hydrogen) atoms. The minimum absolute atomic E-state index is 0.128. The van der Waals surface area contributed by atoms with Gasteiger partial charge in [-0.1, -0.05) is 31.9 Å². The van der Waals surface area contributed by atoms with Crippen LogP contribution < -0.4 is 0 Å². The van der Waals surface area contributed by atoms with Gasteiger partial charge in [-0.15, -0.1) is 0 Å². The first kappa shape index (κ1) is 11.2. The average molecular weight is 330 g/mol. The maximum atomic E-state index is 10.8. The van der Waals surface area contributed by atoms with E-state index in [1.54, 1.807) is 0 Å². The van der Waals surface area contributed by atoms with Crippen molar-refractivity contribution in [3.8, 4) is 0 Å². The van der Waals surface area contributed by atoms with Crippen molar-refractivity contribution < 1.29 is 13.0 Å². The third kappa shape index (κ3) is 2.52. The summed E-state index contributed by atoms with van der Waals surface area (Å²) in [7, 11) is -4.12. The third-order valence-electron chi connectivity index (χ3n) is 1.55. The lowest BCUT2D eigenvalue weighted by Crippen LogP contribution is -1.98. The van der Waals surface area contributed by atoms with E-state index in [9.17, 15) is 8.42 Å². The molecule has 0 amide bonds. The largest absolute Gasteiger partial charge is 0.294 e. The number of halogens is 2.